The van der Waals surface area contributed by atoms with Gasteiger partial charge in [0.25, 0.3) is 0 Å². The molecule has 2 rings (SSSR count). The van der Waals surface area contributed by atoms with Gasteiger partial charge in [0.15, 0.2) is 0 Å². The Labute approximate surface area is 119 Å². The van der Waals surface area contributed by atoms with Crippen molar-refractivity contribution in [2.75, 3.05) is 5.73 Å². The Bertz CT molecular complexity index is 634. The monoisotopic (exact) mass is 299 g/mol. The molecule has 5 heteroatoms. The molecule has 2 aromatic rings. The maximum absolute atomic E-state index is 12.4. The largest absolute Gasteiger partial charge is 0.399 e. The van der Waals surface area contributed by atoms with Gasteiger partial charge in [0, 0.05) is 16.1 Å². The van der Waals surface area contributed by atoms with Crippen molar-refractivity contribution in [1.29, 1.82) is 0 Å². The Kier molecular flexibility index (Phi) is 3.66. The van der Waals surface area contributed by atoms with Gasteiger partial charge in [-0.05, 0) is 37.6 Å². The fourth-order valence-electron chi connectivity index (χ4n) is 1.76. The van der Waals surface area contributed by atoms with Crippen LogP contribution in [0.3, 0.4) is 0 Å². The third-order valence-electron chi connectivity index (χ3n) is 2.54. The van der Waals surface area contributed by atoms with E-state index in [1.807, 2.05) is 19.9 Å². The molecule has 2 nitrogen and oxygen atoms in total. The van der Waals surface area contributed by atoms with Crippen LogP contribution in [0.2, 0.25) is 10.0 Å². The van der Waals surface area contributed by atoms with E-state index >= 15 is 0 Å². The van der Waals surface area contributed by atoms with Crippen LogP contribution in [0.4, 0.5) is 5.69 Å². The highest BCUT2D eigenvalue weighted by atomic mass is 35.5. The Morgan fingerprint density at radius 1 is 1.22 bits per heavy atom. The summed E-state index contributed by atoms with van der Waals surface area (Å²) in [6, 6.07) is 5.07. The van der Waals surface area contributed by atoms with Gasteiger partial charge in [0.1, 0.15) is 0 Å². The molecule has 0 amide bonds. The molecule has 0 radical (unpaired) electrons. The standard InChI is InChI=1S/C13H11Cl2NOS/c1-6-3-7(2)18-13(6)12(17)9-4-8(16)5-10(14)11(9)15/h3-5H,16H2,1-2H3. The van der Waals surface area contributed by atoms with Crippen molar-refractivity contribution in [2.45, 2.75) is 13.8 Å². The van der Waals surface area contributed by atoms with Crippen molar-refractivity contribution in [3.63, 3.8) is 0 Å². The lowest BCUT2D eigenvalue weighted by Crippen LogP contribution is -2.03. The van der Waals surface area contributed by atoms with E-state index in [-0.39, 0.29) is 10.8 Å². The van der Waals surface area contributed by atoms with E-state index in [1.54, 1.807) is 6.07 Å². The zero-order valence-corrected chi connectivity index (χ0v) is 12.2. The minimum Gasteiger partial charge on any atom is -0.399 e. The molecule has 0 spiro atoms. The van der Waals surface area contributed by atoms with Gasteiger partial charge in [0.05, 0.1) is 14.9 Å². The molecule has 0 aliphatic heterocycles. The summed E-state index contributed by atoms with van der Waals surface area (Å²) in [6.45, 7) is 3.86. The second-order valence-electron chi connectivity index (χ2n) is 4.06. The lowest BCUT2D eigenvalue weighted by molar-refractivity contribution is 0.104. The number of rotatable bonds is 2. The Morgan fingerprint density at radius 3 is 2.44 bits per heavy atom. The Hall–Kier alpha value is -1.03. The summed E-state index contributed by atoms with van der Waals surface area (Å²) in [5.41, 5.74) is 7.42. The maximum atomic E-state index is 12.4. The lowest BCUT2D eigenvalue weighted by atomic mass is 10.1. The number of hydrogen-bond acceptors (Lipinski definition) is 3. The van der Waals surface area contributed by atoms with E-state index in [4.69, 9.17) is 28.9 Å². The highest BCUT2D eigenvalue weighted by Crippen LogP contribution is 2.32. The van der Waals surface area contributed by atoms with Gasteiger partial charge in [-0.3, -0.25) is 4.79 Å². The molecule has 0 aliphatic rings. The zero-order valence-electron chi connectivity index (χ0n) is 9.88. The van der Waals surface area contributed by atoms with Crippen LogP contribution in [0.5, 0.6) is 0 Å². The van der Waals surface area contributed by atoms with Crippen LogP contribution in [0.25, 0.3) is 0 Å². The van der Waals surface area contributed by atoms with Crippen molar-refractivity contribution in [3.05, 3.63) is 49.1 Å². The first-order chi connectivity index (χ1) is 8.40. The number of aryl methyl sites for hydroxylation is 2. The van der Waals surface area contributed by atoms with Crippen LogP contribution >= 0.6 is 34.5 Å². The van der Waals surface area contributed by atoms with Crippen molar-refractivity contribution in [3.8, 4) is 0 Å². The van der Waals surface area contributed by atoms with Crippen LogP contribution in [0, 0.1) is 13.8 Å². The predicted molar refractivity (Wildman–Crippen MR) is 78.1 cm³/mol. The third-order valence-corrected chi connectivity index (χ3v) is 4.50. The number of carbonyl (C=O) groups is 1. The van der Waals surface area contributed by atoms with E-state index in [1.165, 1.54) is 17.4 Å². The Balaban J connectivity index is 2.56. The van der Waals surface area contributed by atoms with Crippen LogP contribution in [-0.4, -0.2) is 5.78 Å². The topological polar surface area (TPSA) is 43.1 Å². The van der Waals surface area contributed by atoms with Crippen molar-refractivity contribution in [2.24, 2.45) is 0 Å². The SMILES string of the molecule is Cc1cc(C)c(C(=O)c2cc(N)cc(Cl)c2Cl)s1. The number of carbonyl (C=O) groups excluding carboxylic acids is 1. The van der Waals surface area contributed by atoms with E-state index in [0.29, 0.717) is 21.2 Å². The quantitative estimate of drug-likeness (QED) is 0.656. The minimum absolute atomic E-state index is 0.134. The van der Waals surface area contributed by atoms with Crippen LogP contribution in [0.1, 0.15) is 25.7 Å². The minimum atomic E-state index is -0.134. The predicted octanol–water partition coefficient (Wildman–Crippen LogP) is 4.48. The summed E-state index contributed by atoms with van der Waals surface area (Å²) in [7, 11) is 0. The number of benzene rings is 1. The first kappa shape index (κ1) is 13.4. The molecule has 2 N–H and O–H groups in total. The van der Waals surface area contributed by atoms with Gasteiger partial charge in [-0.2, -0.15) is 0 Å². The molecule has 0 unspecified atom stereocenters. The van der Waals surface area contributed by atoms with Gasteiger partial charge in [0.2, 0.25) is 5.78 Å². The molecule has 18 heavy (non-hydrogen) atoms. The average Bonchev–Trinajstić information content (AvgIpc) is 2.62. The van der Waals surface area contributed by atoms with Crippen LogP contribution in [-0.2, 0) is 0 Å². The zero-order chi connectivity index (χ0) is 13.4. The third kappa shape index (κ3) is 2.39. The fourth-order valence-corrected chi connectivity index (χ4v) is 3.17. The summed E-state index contributed by atoms with van der Waals surface area (Å²) in [5, 5.41) is 0.548. The molecule has 0 fully saturated rings. The van der Waals surface area contributed by atoms with Gasteiger partial charge in [-0.1, -0.05) is 23.2 Å². The van der Waals surface area contributed by atoms with Gasteiger partial charge >= 0.3 is 0 Å². The second kappa shape index (κ2) is 4.92. The highest BCUT2D eigenvalue weighted by molar-refractivity contribution is 7.14. The van der Waals surface area contributed by atoms with Crippen LogP contribution < -0.4 is 5.73 Å². The number of anilines is 1. The highest BCUT2D eigenvalue weighted by Gasteiger charge is 2.19. The van der Waals surface area contributed by atoms with E-state index < -0.39 is 0 Å². The molecule has 1 aromatic carbocycles. The number of nitrogens with two attached hydrogens (primary N) is 1. The number of thiophene rings is 1. The van der Waals surface area contributed by atoms with Crippen molar-refractivity contribution in [1.82, 2.24) is 0 Å². The average molecular weight is 300 g/mol. The molecular weight excluding hydrogens is 289 g/mol. The lowest BCUT2D eigenvalue weighted by Gasteiger charge is -2.06. The van der Waals surface area contributed by atoms with E-state index in [9.17, 15) is 4.79 Å². The molecule has 0 saturated carbocycles. The molecular formula is C13H11Cl2NOS. The summed E-state index contributed by atoms with van der Waals surface area (Å²) in [6.07, 6.45) is 0. The summed E-state index contributed by atoms with van der Waals surface area (Å²) in [5.74, 6) is -0.134. The fraction of sp³-hybridized carbons (Fsp3) is 0.154. The molecule has 0 aliphatic carbocycles. The number of hydrogen-bond donors (Lipinski definition) is 1. The summed E-state index contributed by atoms with van der Waals surface area (Å²) in [4.78, 5) is 14.2. The number of halogens is 2. The second-order valence-corrected chi connectivity index (χ2v) is 6.10. The van der Waals surface area contributed by atoms with E-state index in [0.717, 1.165) is 10.4 Å². The molecule has 94 valence electrons. The molecule has 0 saturated heterocycles. The normalized spacial score (nSPS) is 10.7. The Morgan fingerprint density at radius 2 is 1.89 bits per heavy atom. The van der Waals surface area contributed by atoms with Gasteiger partial charge in [-0.25, -0.2) is 0 Å². The van der Waals surface area contributed by atoms with Crippen molar-refractivity contribution < 1.29 is 4.79 Å². The summed E-state index contributed by atoms with van der Waals surface area (Å²) >= 11 is 13.4. The van der Waals surface area contributed by atoms with Crippen LogP contribution in [0.15, 0.2) is 18.2 Å². The molecule has 0 bridgehead atoms. The molecule has 0 atom stereocenters. The first-order valence-electron chi connectivity index (χ1n) is 5.26. The molecule has 1 heterocycles. The number of nitrogen functional groups attached to an aromatic ring is 1. The van der Waals surface area contributed by atoms with Gasteiger partial charge < -0.3 is 5.73 Å². The van der Waals surface area contributed by atoms with Crippen molar-refractivity contribution >= 4 is 46.0 Å². The maximum Gasteiger partial charge on any atom is 0.204 e. The smallest absolute Gasteiger partial charge is 0.204 e. The summed E-state index contributed by atoms with van der Waals surface area (Å²) < 4.78 is 0. The first-order valence-corrected chi connectivity index (χ1v) is 6.83. The number of ketones is 1. The van der Waals surface area contributed by atoms with E-state index in [2.05, 4.69) is 0 Å². The van der Waals surface area contributed by atoms with Gasteiger partial charge in [-0.15, -0.1) is 11.3 Å². The molecule has 1 aromatic heterocycles.